The van der Waals surface area contributed by atoms with E-state index in [4.69, 9.17) is 10.8 Å². The largest absolute Gasteiger partial charge is 0.330 e. The second-order valence-electron chi connectivity index (χ2n) is 6.27. The molecular formula is C15H27N3. The van der Waals surface area contributed by atoms with Gasteiger partial charge in [-0.1, -0.05) is 20.3 Å². The Labute approximate surface area is 111 Å². The zero-order chi connectivity index (χ0) is 13.2. The predicted octanol–water partition coefficient (Wildman–Crippen LogP) is 3.16. The third-order valence-electron chi connectivity index (χ3n) is 4.64. The van der Waals surface area contributed by atoms with Crippen molar-refractivity contribution in [3.63, 3.8) is 0 Å². The molecule has 102 valence electrons. The molecule has 0 radical (unpaired) electrons. The first-order chi connectivity index (χ1) is 8.58. The number of nitrogens with two attached hydrogens (primary N) is 1. The Morgan fingerprint density at radius 1 is 1.61 bits per heavy atom. The van der Waals surface area contributed by atoms with Gasteiger partial charge in [-0.15, -0.1) is 0 Å². The van der Waals surface area contributed by atoms with Gasteiger partial charge in [0.1, 0.15) is 0 Å². The molecule has 3 nitrogen and oxygen atoms in total. The Hall–Kier alpha value is -0.830. The van der Waals surface area contributed by atoms with Crippen LogP contribution < -0.4 is 5.73 Å². The predicted molar refractivity (Wildman–Crippen MR) is 75.4 cm³/mol. The van der Waals surface area contributed by atoms with Gasteiger partial charge < -0.3 is 5.73 Å². The maximum Gasteiger partial charge on any atom is 0.0630 e. The van der Waals surface area contributed by atoms with Crippen LogP contribution in [-0.2, 0) is 6.42 Å². The van der Waals surface area contributed by atoms with Gasteiger partial charge in [0.25, 0.3) is 0 Å². The van der Waals surface area contributed by atoms with Crippen molar-refractivity contribution < 1.29 is 0 Å². The lowest BCUT2D eigenvalue weighted by atomic mass is 9.81. The topological polar surface area (TPSA) is 43.8 Å². The summed E-state index contributed by atoms with van der Waals surface area (Å²) in [7, 11) is 0. The Kier molecular flexibility index (Phi) is 4.10. The first-order valence-electron chi connectivity index (χ1n) is 7.32. The summed E-state index contributed by atoms with van der Waals surface area (Å²) >= 11 is 0. The van der Waals surface area contributed by atoms with Gasteiger partial charge in [0.05, 0.1) is 5.69 Å². The number of aromatic nitrogens is 2. The molecule has 0 aromatic carbocycles. The molecule has 1 saturated carbocycles. The zero-order valence-corrected chi connectivity index (χ0v) is 12.0. The van der Waals surface area contributed by atoms with Gasteiger partial charge in [-0.3, -0.25) is 4.68 Å². The first kappa shape index (κ1) is 13.6. The lowest BCUT2D eigenvalue weighted by molar-refractivity contribution is 0.291. The highest BCUT2D eigenvalue weighted by Crippen LogP contribution is 2.43. The van der Waals surface area contributed by atoms with Gasteiger partial charge in [0.2, 0.25) is 0 Å². The minimum absolute atomic E-state index is 0.314. The van der Waals surface area contributed by atoms with Crippen molar-refractivity contribution in [3.05, 3.63) is 18.0 Å². The van der Waals surface area contributed by atoms with Crippen LogP contribution in [-0.4, -0.2) is 16.3 Å². The fraction of sp³-hybridized carbons (Fsp3) is 0.800. The van der Waals surface area contributed by atoms with Gasteiger partial charge in [-0.25, -0.2) is 0 Å². The number of nitrogens with zero attached hydrogens (tertiary/aromatic N) is 2. The van der Waals surface area contributed by atoms with E-state index in [2.05, 4.69) is 37.7 Å². The van der Waals surface area contributed by atoms with Crippen LogP contribution in [0.5, 0.6) is 0 Å². The molecular weight excluding hydrogens is 222 g/mol. The second kappa shape index (κ2) is 5.43. The van der Waals surface area contributed by atoms with Crippen molar-refractivity contribution in [2.45, 2.75) is 58.9 Å². The first-order valence-corrected chi connectivity index (χ1v) is 7.32. The van der Waals surface area contributed by atoms with Crippen LogP contribution in [0.4, 0.5) is 0 Å². The molecule has 2 rings (SSSR count). The summed E-state index contributed by atoms with van der Waals surface area (Å²) in [6, 6.07) is 2.67. The minimum Gasteiger partial charge on any atom is -0.330 e. The average Bonchev–Trinajstić information content (AvgIpc) is 2.97. The fourth-order valence-corrected chi connectivity index (χ4v) is 3.20. The van der Waals surface area contributed by atoms with Crippen LogP contribution in [0.3, 0.4) is 0 Å². The summed E-state index contributed by atoms with van der Waals surface area (Å²) in [5, 5.41) is 4.72. The maximum absolute atomic E-state index is 6.04. The standard InChI is InChI=1S/C15H27N3/c1-4-13(3)18-8-6-14(17-18)10-15(11-16)7-5-12(2)9-15/h6,8,12-13H,4-5,7,9-11,16H2,1-3H3. The molecule has 3 heteroatoms. The molecule has 18 heavy (non-hydrogen) atoms. The van der Waals surface area contributed by atoms with Crippen molar-refractivity contribution >= 4 is 0 Å². The van der Waals surface area contributed by atoms with Gasteiger partial charge in [-0.2, -0.15) is 5.10 Å². The Morgan fingerprint density at radius 3 is 2.94 bits per heavy atom. The molecule has 2 N–H and O–H groups in total. The van der Waals surface area contributed by atoms with E-state index in [0.29, 0.717) is 11.5 Å². The summed E-state index contributed by atoms with van der Waals surface area (Å²) < 4.78 is 2.10. The van der Waals surface area contributed by atoms with Gasteiger partial charge in [0, 0.05) is 12.2 Å². The average molecular weight is 249 g/mol. The summed E-state index contributed by atoms with van der Waals surface area (Å²) in [6.07, 6.45) is 8.15. The van der Waals surface area contributed by atoms with E-state index >= 15 is 0 Å². The molecule has 1 heterocycles. The zero-order valence-electron chi connectivity index (χ0n) is 12.0. The highest BCUT2D eigenvalue weighted by molar-refractivity contribution is 5.06. The highest BCUT2D eigenvalue weighted by atomic mass is 15.3. The molecule has 1 fully saturated rings. The highest BCUT2D eigenvalue weighted by Gasteiger charge is 2.36. The Bertz CT molecular complexity index is 385. The van der Waals surface area contributed by atoms with E-state index in [0.717, 1.165) is 25.3 Å². The van der Waals surface area contributed by atoms with E-state index in [9.17, 15) is 0 Å². The van der Waals surface area contributed by atoms with E-state index in [1.165, 1.54) is 25.0 Å². The Morgan fingerprint density at radius 2 is 2.39 bits per heavy atom. The summed E-state index contributed by atoms with van der Waals surface area (Å²) in [5.41, 5.74) is 7.57. The summed E-state index contributed by atoms with van der Waals surface area (Å²) in [4.78, 5) is 0. The van der Waals surface area contributed by atoms with Crippen LogP contribution in [0, 0.1) is 11.3 Å². The van der Waals surface area contributed by atoms with Gasteiger partial charge >= 0.3 is 0 Å². The van der Waals surface area contributed by atoms with Crippen LogP contribution in [0.25, 0.3) is 0 Å². The second-order valence-corrected chi connectivity index (χ2v) is 6.27. The third kappa shape index (κ3) is 2.77. The minimum atomic E-state index is 0.314. The number of rotatable bonds is 5. The van der Waals surface area contributed by atoms with E-state index in [1.807, 2.05) is 0 Å². The lowest BCUT2D eigenvalue weighted by Gasteiger charge is -2.26. The van der Waals surface area contributed by atoms with E-state index in [1.54, 1.807) is 0 Å². The molecule has 0 saturated heterocycles. The number of hydrogen-bond acceptors (Lipinski definition) is 2. The molecule has 0 bridgehead atoms. The smallest absolute Gasteiger partial charge is 0.0630 e. The molecule has 1 aromatic heterocycles. The number of hydrogen-bond donors (Lipinski definition) is 1. The third-order valence-corrected chi connectivity index (χ3v) is 4.64. The summed E-state index contributed by atoms with van der Waals surface area (Å²) in [5.74, 6) is 0.824. The molecule has 1 aliphatic carbocycles. The monoisotopic (exact) mass is 249 g/mol. The molecule has 3 atom stereocenters. The fourth-order valence-electron chi connectivity index (χ4n) is 3.20. The van der Waals surface area contributed by atoms with Crippen LogP contribution in [0.2, 0.25) is 0 Å². The van der Waals surface area contributed by atoms with E-state index < -0.39 is 0 Å². The molecule has 3 unspecified atom stereocenters. The lowest BCUT2D eigenvalue weighted by Crippen LogP contribution is -2.30. The molecule has 0 spiro atoms. The normalized spacial score (nSPS) is 29.7. The van der Waals surface area contributed by atoms with Crippen LogP contribution >= 0.6 is 0 Å². The molecule has 0 aliphatic heterocycles. The summed E-state index contributed by atoms with van der Waals surface area (Å²) in [6.45, 7) is 7.56. The van der Waals surface area contributed by atoms with Crippen LogP contribution in [0.15, 0.2) is 12.3 Å². The Balaban J connectivity index is 2.06. The van der Waals surface area contributed by atoms with Crippen molar-refractivity contribution in [2.24, 2.45) is 17.1 Å². The maximum atomic E-state index is 6.04. The molecule has 1 aliphatic rings. The van der Waals surface area contributed by atoms with Gasteiger partial charge in [0.15, 0.2) is 0 Å². The SMILES string of the molecule is CCC(C)n1ccc(CC2(CN)CCC(C)C2)n1. The van der Waals surface area contributed by atoms with Crippen molar-refractivity contribution in [1.82, 2.24) is 9.78 Å². The van der Waals surface area contributed by atoms with Gasteiger partial charge in [-0.05, 0) is 56.6 Å². The quantitative estimate of drug-likeness (QED) is 0.871. The van der Waals surface area contributed by atoms with Crippen LogP contribution in [0.1, 0.15) is 58.2 Å². The van der Waals surface area contributed by atoms with Crippen molar-refractivity contribution in [3.8, 4) is 0 Å². The molecule has 1 aromatic rings. The molecule has 0 amide bonds. The van der Waals surface area contributed by atoms with Crippen molar-refractivity contribution in [1.29, 1.82) is 0 Å². The van der Waals surface area contributed by atoms with Crippen molar-refractivity contribution in [2.75, 3.05) is 6.54 Å². The van der Waals surface area contributed by atoms with E-state index in [-0.39, 0.29) is 0 Å².